The molecule has 0 spiro atoms. The third kappa shape index (κ3) is 5.06. The van der Waals surface area contributed by atoms with Crippen molar-refractivity contribution in [2.75, 3.05) is 23.8 Å². The quantitative estimate of drug-likeness (QED) is 0.746. The molecule has 2 rings (SSSR count). The lowest BCUT2D eigenvalue weighted by atomic mass is 10.2. The average Bonchev–Trinajstić information content (AvgIpc) is 2.49. The Kier molecular flexibility index (Phi) is 6.31. The van der Waals surface area contributed by atoms with Crippen molar-refractivity contribution in [1.29, 1.82) is 0 Å². The van der Waals surface area contributed by atoms with Gasteiger partial charge in [0.25, 0.3) is 0 Å². The lowest BCUT2D eigenvalue weighted by Gasteiger charge is -2.15. The molecule has 0 saturated heterocycles. The smallest absolute Gasteiger partial charge is 0.175 e. The molecular formula is C17H18F2N2O2S. The summed E-state index contributed by atoms with van der Waals surface area (Å²) >= 11 is 5.19. The predicted molar refractivity (Wildman–Crippen MR) is 95.0 cm³/mol. The molecule has 0 amide bonds. The Balaban J connectivity index is 2.15. The molecule has 7 heteroatoms. The summed E-state index contributed by atoms with van der Waals surface area (Å²) < 4.78 is 37.4. The Bertz CT molecular complexity index is 705. The van der Waals surface area contributed by atoms with Crippen LogP contribution in [0, 0.1) is 11.6 Å². The predicted octanol–water partition coefficient (Wildman–Crippen LogP) is 4.57. The van der Waals surface area contributed by atoms with E-state index in [1.54, 1.807) is 18.2 Å². The van der Waals surface area contributed by atoms with Crippen LogP contribution >= 0.6 is 12.2 Å². The maximum Gasteiger partial charge on any atom is 0.175 e. The summed E-state index contributed by atoms with van der Waals surface area (Å²) in [5.74, 6) is -0.124. The fourth-order valence-corrected chi connectivity index (χ4v) is 2.28. The molecule has 0 heterocycles. The lowest BCUT2D eigenvalue weighted by molar-refractivity contribution is 0.332. The summed E-state index contributed by atoms with van der Waals surface area (Å²) in [6.07, 6.45) is 0. The van der Waals surface area contributed by atoms with Crippen molar-refractivity contribution in [3.05, 3.63) is 48.0 Å². The first-order valence-electron chi connectivity index (χ1n) is 7.45. The van der Waals surface area contributed by atoms with Crippen molar-refractivity contribution in [2.45, 2.75) is 13.8 Å². The molecular weight excluding hydrogens is 334 g/mol. The molecule has 2 N–H and O–H groups in total. The van der Waals surface area contributed by atoms with E-state index in [0.29, 0.717) is 30.4 Å². The molecule has 0 aromatic heterocycles. The molecule has 0 fully saturated rings. The van der Waals surface area contributed by atoms with E-state index in [4.69, 9.17) is 21.7 Å². The second kappa shape index (κ2) is 8.44. The minimum absolute atomic E-state index is 0.176. The van der Waals surface area contributed by atoms with Crippen LogP contribution in [0.1, 0.15) is 13.8 Å². The molecule has 0 unspecified atom stereocenters. The van der Waals surface area contributed by atoms with Crippen molar-refractivity contribution in [1.82, 2.24) is 0 Å². The van der Waals surface area contributed by atoms with Gasteiger partial charge in [0.1, 0.15) is 23.1 Å². The lowest BCUT2D eigenvalue weighted by Crippen LogP contribution is -2.20. The van der Waals surface area contributed by atoms with Crippen LogP contribution in [0.25, 0.3) is 0 Å². The molecule has 128 valence electrons. The van der Waals surface area contributed by atoms with Gasteiger partial charge in [-0.05, 0) is 50.3 Å². The second-order valence-corrected chi connectivity index (χ2v) is 5.17. The van der Waals surface area contributed by atoms with Gasteiger partial charge in [-0.15, -0.1) is 0 Å². The van der Waals surface area contributed by atoms with Gasteiger partial charge in [0.2, 0.25) is 0 Å². The Labute approximate surface area is 144 Å². The summed E-state index contributed by atoms with van der Waals surface area (Å²) in [4.78, 5) is 0. The molecule has 0 bridgehead atoms. The minimum Gasteiger partial charge on any atom is -0.494 e. The standard InChI is InChI=1S/C17H18F2N2O2S/c1-3-22-14-5-6-16(23-4-2)15(10-14)21-17(24)20-13-8-11(18)7-12(19)9-13/h5-10H,3-4H2,1-2H3,(H2,20,21,24). The SMILES string of the molecule is CCOc1ccc(OCC)c(NC(=S)Nc2cc(F)cc(F)c2)c1. The number of anilines is 2. The van der Waals surface area contributed by atoms with Crippen molar-refractivity contribution in [2.24, 2.45) is 0 Å². The number of benzene rings is 2. The number of rotatable bonds is 6. The van der Waals surface area contributed by atoms with Crippen LogP contribution in [0.15, 0.2) is 36.4 Å². The number of ether oxygens (including phenoxy) is 2. The molecule has 0 saturated carbocycles. The Morgan fingerprint density at radius 2 is 1.62 bits per heavy atom. The van der Waals surface area contributed by atoms with Crippen LogP contribution in [0.5, 0.6) is 11.5 Å². The van der Waals surface area contributed by atoms with Gasteiger partial charge in [0.15, 0.2) is 5.11 Å². The Morgan fingerprint density at radius 1 is 0.958 bits per heavy atom. The highest BCUT2D eigenvalue weighted by atomic mass is 32.1. The highest BCUT2D eigenvalue weighted by Gasteiger charge is 2.09. The van der Waals surface area contributed by atoms with E-state index >= 15 is 0 Å². The molecule has 2 aromatic carbocycles. The Morgan fingerprint density at radius 3 is 2.25 bits per heavy atom. The summed E-state index contributed by atoms with van der Waals surface area (Å²) in [6.45, 7) is 4.76. The van der Waals surface area contributed by atoms with Gasteiger partial charge in [-0.3, -0.25) is 0 Å². The molecule has 0 aliphatic rings. The van der Waals surface area contributed by atoms with Gasteiger partial charge in [0, 0.05) is 17.8 Å². The normalized spacial score (nSPS) is 10.2. The number of halogens is 2. The highest BCUT2D eigenvalue weighted by molar-refractivity contribution is 7.80. The number of hydrogen-bond donors (Lipinski definition) is 2. The molecule has 0 aliphatic carbocycles. The molecule has 4 nitrogen and oxygen atoms in total. The average molecular weight is 352 g/mol. The number of thiocarbonyl (C=S) groups is 1. The number of nitrogens with one attached hydrogen (secondary N) is 2. The fraction of sp³-hybridized carbons (Fsp3) is 0.235. The van der Waals surface area contributed by atoms with Crippen LogP contribution < -0.4 is 20.1 Å². The van der Waals surface area contributed by atoms with E-state index in [0.717, 1.165) is 18.2 Å². The third-order valence-corrected chi connectivity index (χ3v) is 3.13. The summed E-state index contributed by atoms with van der Waals surface area (Å²) in [6, 6.07) is 8.39. The zero-order chi connectivity index (χ0) is 17.5. The van der Waals surface area contributed by atoms with Crippen molar-refractivity contribution in [3.63, 3.8) is 0 Å². The molecule has 0 atom stereocenters. The van der Waals surface area contributed by atoms with Gasteiger partial charge in [0.05, 0.1) is 18.9 Å². The molecule has 2 aromatic rings. The van der Waals surface area contributed by atoms with Crippen LogP contribution in [-0.4, -0.2) is 18.3 Å². The number of hydrogen-bond acceptors (Lipinski definition) is 3. The highest BCUT2D eigenvalue weighted by Crippen LogP contribution is 2.29. The molecule has 24 heavy (non-hydrogen) atoms. The van der Waals surface area contributed by atoms with E-state index < -0.39 is 11.6 Å². The van der Waals surface area contributed by atoms with E-state index in [1.807, 2.05) is 13.8 Å². The minimum atomic E-state index is -0.686. The van der Waals surface area contributed by atoms with Crippen LogP contribution in [0.3, 0.4) is 0 Å². The molecule has 0 radical (unpaired) electrons. The van der Waals surface area contributed by atoms with Crippen LogP contribution in [-0.2, 0) is 0 Å². The van der Waals surface area contributed by atoms with Gasteiger partial charge in [-0.25, -0.2) is 8.78 Å². The summed E-state index contributed by atoms with van der Waals surface area (Å²) in [5, 5.41) is 5.86. The topological polar surface area (TPSA) is 42.5 Å². The van der Waals surface area contributed by atoms with Crippen molar-refractivity contribution < 1.29 is 18.3 Å². The van der Waals surface area contributed by atoms with Gasteiger partial charge in [-0.2, -0.15) is 0 Å². The van der Waals surface area contributed by atoms with Gasteiger partial charge in [-0.1, -0.05) is 0 Å². The van der Waals surface area contributed by atoms with Crippen molar-refractivity contribution in [3.8, 4) is 11.5 Å². The second-order valence-electron chi connectivity index (χ2n) is 4.76. The van der Waals surface area contributed by atoms with E-state index in [-0.39, 0.29) is 10.8 Å². The zero-order valence-electron chi connectivity index (χ0n) is 13.4. The zero-order valence-corrected chi connectivity index (χ0v) is 14.2. The van der Waals surface area contributed by atoms with Crippen molar-refractivity contribution >= 4 is 28.7 Å². The fourth-order valence-electron chi connectivity index (χ4n) is 2.06. The summed E-state index contributed by atoms with van der Waals surface area (Å²) in [5.41, 5.74) is 0.807. The third-order valence-electron chi connectivity index (χ3n) is 2.93. The first-order chi connectivity index (χ1) is 11.5. The monoisotopic (exact) mass is 352 g/mol. The van der Waals surface area contributed by atoms with E-state index in [9.17, 15) is 8.78 Å². The van der Waals surface area contributed by atoms with Gasteiger partial charge < -0.3 is 20.1 Å². The maximum atomic E-state index is 13.2. The van der Waals surface area contributed by atoms with Gasteiger partial charge >= 0.3 is 0 Å². The van der Waals surface area contributed by atoms with Crippen LogP contribution in [0.2, 0.25) is 0 Å². The maximum absolute atomic E-state index is 13.2. The van der Waals surface area contributed by atoms with E-state index in [1.165, 1.54) is 0 Å². The first kappa shape index (κ1) is 17.9. The van der Waals surface area contributed by atoms with Crippen LogP contribution in [0.4, 0.5) is 20.2 Å². The van der Waals surface area contributed by atoms with E-state index in [2.05, 4.69) is 10.6 Å². The summed E-state index contributed by atoms with van der Waals surface area (Å²) in [7, 11) is 0. The Hall–Kier alpha value is -2.41. The first-order valence-corrected chi connectivity index (χ1v) is 7.86. The molecule has 0 aliphatic heterocycles. The largest absolute Gasteiger partial charge is 0.494 e.